The molecule has 11 heavy (non-hydrogen) atoms. The van der Waals surface area contributed by atoms with Gasteiger partial charge >= 0.3 is 0 Å². The predicted molar refractivity (Wildman–Crippen MR) is 51.3 cm³/mol. The molecular weight excluding hydrogens is 248 g/mol. The lowest BCUT2D eigenvalue weighted by molar-refractivity contribution is 0.925. The highest BCUT2D eigenvalue weighted by atomic mass is 79.9. The molecule has 0 amide bonds. The first-order chi connectivity index (χ1) is 5.15. The summed E-state index contributed by atoms with van der Waals surface area (Å²) < 4.78 is 0.775. The number of aryl methyl sites for hydroxylation is 1. The van der Waals surface area contributed by atoms with Crippen LogP contribution < -0.4 is 0 Å². The zero-order valence-corrected chi connectivity index (χ0v) is 9.22. The lowest BCUT2D eigenvalue weighted by Gasteiger charge is -2.00. The molecule has 0 fully saturated rings. The van der Waals surface area contributed by atoms with Crippen LogP contribution in [0.25, 0.3) is 0 Å². The van der Waals surface area contributed by atoms with Crippen LogP contribution in [0.3, 0.4) is 0 Å². The van der Waals surface area contributed by atoms with Crippen molar-refractivity contribution in [2.75, 3.05) is 6.26 Å². The Morgan fingerprint density at radius 3 is 2.55 bits per heavy atom. The summed E-state index contributed by atoms with van der Waals surface area (Å²) in [5.74, 6) is 0. The summed E-state index contributed by atoms with van der Waals surface area (Å²) in [4.78, 5) is 8.20. The molecule has 0 aliphatic heterocycles. The van der Waals surface area contributed by atoms with Gasteiger partial charge in [0.05, 0.1) is 10.2 Å². The number of hydrogen-bond donors (Lipinski definition) is 0. The molecule has 0 bridgehead atoms. The third-order valence-corrected chi connectivity index (χ3v) is 3.14. The summed E-state index contributed by atoms with van der Waals surface area (Å²) in [7, 11) is 0. The van der Waals surface area contributed by atoms with E-state index in [1.807, 2.05) is 13.2 Å². The first-order valence-electron chi connectivity index (χ1n) is 2.88. The average molecular weight is 254 g/mol. The SMILES string of the molecule is CSc1nc(C)c(Br)c(Cl)n1. The van der Waals surface area contributed by atoms with Crippen LogP contribution in [0.5, 0.6) is 0 Å². The maximum atomic E-state index is 5.79. The van der Waals surface area contributed by atoms with Crippen LogP contribution in [0.4, 0.5) is 0 Å². The Bertz CT molecular complexity index is 256. The van der Waals surface area contributed by atoms with Gasteiger partial charge in [-0.05, 0) is 29.1 Å². The van der Waals surface area contributed by atoms with Gasteiger partial charge in [-0.25, -0.2) is 9.97 Å². The molecule has 2 nitrogen and oxygen atoms in total. The summed E-state index contributed by atoms with van der Waals surface area (Å²) >= 11 is 10.5. The van der Waals surface area contributed by atoms with Crippen LogP contribution in [0, 0.1) is 6.92 Å². The van der Waals surface area contributed by atoms with Crippen molar-refractivity contribution in [2.45, 2.75) is 12.1 Å². The second-order valence-corrected chi connectivity index (χ2v) is 3.82. The largest absolute Gasteiger partial charge is 0.227 e. The molecule has 0 aliphatic rings. The minimum Gasteiger partial charge on any atom is -0.227 e. The maximum Gasteiger partial charge on any atom is 0.188 e. The first kappa shape index (κ1) is 9.29. The monoisotopic (exact) mass is 252 g/mol. The van der Waals surface area contributed by atoms with E-state index in [0.29, 0.717) is 10.3 Å². The minimum atomic E-state index is 0.474. The molecule has 0 unspecified atom stereocenters. The van der Waals surface area contributed by atoms with Gasteiger partial charge in [0.15, 0.2) is 5.16 Å². The van der Waals surface area contributed by atoms with Crippen molar-refractivity contribution in [3.05, 3.63) is 15.3 Å². The zero-order chi connectivity index (χ0) is 8.43. The fourth-order valence-electron chi connectivity index (χ4n) is 0.591. The number of nitrogens with zero attached hydrogens (tertiary/aromatic N) is 2. The molecule has 0 saturated carbocycles. The topological polar surface area (TPSA) is 25.8 Å². The Balaban J connectivity index is 3.21. The molecule has 5 heteroatoms. The quantitative estimate of drug-likeness (QED) is 0.437. The van der Waals surface area contributed by atoms with Gasteiger partial charge in [-0.2, -0.15) is 0 Å². The highest BCUT2D eigenvalue weighted by Crippen LogP contribution is 2.24. The van der Waals surface area contributed by atoms with Gasteiger partial charge in [0.1, 0.15) is 5.15 Å². The van der Waals surface area contributed by atoms with Crippen molar-refractivity contribution in [2.24, 2.45) is 0 Å². The van der Waals surface area contributed by atoms with Crippen molar-refractivity contribution in [1.82, 2.24) is 9.97 Å². The molecule has 0 N–H and O–H groups in total. The first-order valence-corrected chi connectivity index (χ1v) is 5.28. The van der Waals surface area contributed by atoms with E-state index in [1.54, 1.807) is 0 Å². The standard InChI is InChI=1S/C6H6BrClN2S/c1-3-4(7)5(8)10-6(9-3)11-2/h1-2H3. The third kappa shape index (κ3) is 2.07. The fourth-order valence-corrected chi connectivity index (χ4v) is 1.45. The number of hydrogen-bond acceptors (Lipinski definition) is 3. The second kappa shape index (κ2) is 3.74. The number of aromatic nitrogens is 2. The highest BCUT2D eigenvalue weighted by Gasteiger charge is 2.05. The summed E-state index contributed by atoms with van der Waals surface area (Å²) in [6, 6.07) is 0. The van der Waals surface area contributed by atoms with E-state index in [4.69, 9.17) is 11.6 Å². The summed E-state index contributed by atoms with van der Waals surface area (Å²) in [5.41, 5.74) is 0.870. The van der Waals surface area contributed by atoms with Crippen LogP contribution in [0.2, 0.25) is 5.15 Å². The van der Waals surface area contributed by atoms with Crippen LogP contribution >= 0.6 is 39.3 Å². The third-order valence-electron chi connectivity index (χ3n) is 1.14. The second-order valence-electron chi connectivity index (χ2n) is 1.90. The molecule has 1 aromatic rings. The van der Waals surface area contributed by atoms with E-state index in [-0.39, 0.29) is 0 Å². The van der Waals surface area contributed by atoms with Crippen molar-refractivity contribution < 1.29 is 0 Å². The van der Waals surface area contributed by atoms with Crippen LogP contribution in [0.1, 0.15) is 5.69 Å². The van der Waals surface area contributed by atoms with Gasteiger partial charge in [0, 0.05) is 0 Å². The molecular formula is C6H6BrClN2S. The van der Waals surface area contributed by atoms with Crippen LogP contribution in [-0.2, 0) is 0 Å². The maximum absolute atomic E-state index is 5.79. The van der Waals surface area contributed by atoms with Crippen LogP contribution in [-0.4, -0.2) is 16.2 Å². The molecule has 1 rings (SSSR count). The van der Waals surface area contributed by atoms with Gasteiger partial charge in [0.2, 0.25) is 0 Å². The summed E-state index contributed by atoms with van der Waals surface area (Å²) in [6.45, 7) is 1.89. The molecule has 0 radical (unpaired) electrons. The molecule has 0 aliphatic carbocycles. The molecule has 0 atom stereocenters. The lowest BCUT2D eigenvalue weighted by Crippen LogP contribution is -1.91. The van der Waals surface area contributed by atoms with E-state index in [0.717, 1.165) is 10.2 Å². The van der Waals surface area contributed by atoms with Crippen molar-refractivity contribution in [3.63, 3.8) is 0 Å². The molecule has 0 spiro atoms. The van der Waals surface area contributed by atoms with Gasteiger partial charge in [-0.1, -0.05) is 23.4 Å². The highest BCUT2D eigenvalue weighted by molar-refractivity contribution is 9.10. The molecule has 0 saturated heterocycles. The Kier molecular flexibility index (Phi) is 3.16. The van der Waals surface area contributed by atoms with Gasteiger partial charge in [-0.3, -0.25) is 0 Å². The van der Waals surface area contributed by atoms with E-state index in [9.17, 15) is 0 Å². The van der Waals surface area contributed by atoms with E-state index in [1.165, 1.54) is 11.8 Å². The molecule has 60 valence electrons. The lowest BCUT2D eigenvalue weighted by atomic mass is 10.5. The summed E-state index contributed by atoms with van der Waals surface area (Å²) in [5, 5.41) is 1.18. The zero-order valence-electron chi connectivity index (χ0n) is 6.06. The predicted octanol–water partition coefficient (Wildman–Crippen LogP) is 2.92. The Labute approximate surface area is 82.9 Å². The average Bonchev–Trinajstić information content (AvgIpc) is 1.99. The normalized spacial score (nSPS) is 10.2. The van der Waals surface area contributed by atoms with E-state index < -0.39 is 0 Å². The molecule has 0 aromatic carbocycles. The van der Waals surface area contributed by atoms with Crippen molar-refractivity contribution in [1.29, 1.82) is 0 Å². The van der Waals surface area contributed by atoms with Gasteiger partial charge in [-0.15, -0.1) is 0 Å². The minimum absolute atomic E-state index is 0.474. The summed E-state index contributed by atoms with van der Waals surface area (Å²) in [6.07, 6.45) is 1.92. The number of rotatable bonds is 1. The number of thioether (sulfide) groups is 1. The van der Waals surface area contributed by atoms with Crippen LogP contribution in [0.15, 0.2) is 9.63 Å². The smallest absolute Gasteiger partial charge is 0.188 e. The Hall–Kier alpha value is 0.200. The molecule has 1 aromatic heterocycles. The Morgan fingerprint density at radius 1 is 1.45 bits per heavy atom. The van der Waals surface area contributed by atoms with Crippen molar-refractivity contribution in [3.8, 4) is 0 Å². The van der Waals surface area contributed by atoms with Crippen molar-refractivity contribution >= 4 is 39.3 Å². The van der Waals surface area contributed by atoms with Gasteiger partial charge in [0.25, 0.3) is 0 Å². The fraction of sp³-hybridized carbons (Fsp3) is 0.333. The molecule has 1 heterocycles. The number of halogens is 2. The van der Waals surface area contributed by atoms with E-state index in [2.05, 4.69) is 25.9 Å². The Morgan fingerprint density at radius 2 is 2.09 bits per heavy atom. The van der Waals surface area contributed by atoms with Gasteiger partial charge < -0.3 is 0 Å². The van der Waals surface area contributed by atoms with E-state index >= 15 is 0 Å².